The van der Waals surface area contributed by atoms with E-state index in [0.29, 0.717) is 35.5 Å². The molecule has 2 aliphatic heterocycles. The van der Waals surface area contributed by atoms with Crippen LogP contribution < -0.4 is 15.4 Å². The minimum atomic E-state index is -4.92. The predicted octanol–water partition coefficient (Wildman–Crippen LogP) is 5.99. The van der Waals surface area contributed by atoms with E-state index >= 15 is 0 Å². The number of esters is 1. The zero-order chi connectivity index (χ0) is 30.5. The summed E-state index contributed by atoms with van der Waals surface area (Å²) in [5, 5.41) is 0.664. The van der Waals surface area contributed by atoms with Gasteiger partial charge in [0, 0.05) is 29.1 Å². The summed E-state index contributed by atoms with van der Waals surface area (Å²) in [6.45, 7) is -0.131. The van der Waals surface area contributed by atoms with Crippen molar-refractivity contribution >= 4 is 44.1 Å². The van der Waals surface area contributed by atoms with Crippen LogP contribution in [0.1, 0.15) is 54.4 Å². The maximum absolute atomic E-state index is 14.8. The molecule has 1 saturated carbocycles. The zero-order valence-corrected chi connectivity index (χ0v) is 24.0. The molecular formula is C30H29F4N3O5S. The number of alkyl halides is 3. The molecule has 8 nitrogen and oxygen atoms in total. The molecule has 6 rings (SSSR count). The summed E-state index contributed by atoms with van der Waals surface area (Å²) >= 11 is 1.31. The van der Waals surface area contributed by atoms with Crippen LogP contribution in [0.25, 0.3) is 15.9 Å². The lowest BCUT2D eigenvalue weighted by atomic mass is 9.98. The van der Waals surface area contributed by atoms with Crippen LogP contribution in [-0.2, 0) is 14.3 Å². The summed E-state index contributed by atoms with van der Waals surface area (Å²) < 4.78 is 69.6. The lowest BCUT2D eigenvalue weighted by molar-refractivity contribution is -0.274. The number of nitrogens with two attached hydrogens (primary N) is 1. The fourth-order valence-corrected chi connectivity index (χ4v) is 7.20. The van der Waals surface area contributed by atoms with Gasteiger partial charge >= 0.3 is 12.3 Å². The number of ether oxygens (including phenoxy) is 3. The number of rotatable bonds is 9. The molecule has 13 heteroatoms. The van der Waals surface area contributed by atoms with Gasteiger partial charge in [0.15, 0.2) is 16.7 Å². The minimum absolute atomic E-state index is 0.0132. The van der Waals surface area contributed by atoms with Gasteiger partial charge in [0.05, 0.1) is 35.8 Å². The van der Waals surface area contributed by atoms with E-state index in [4.69, 9.17) is 15.2 Å². The first-order chi connectivity index (χ1) is 20.5. The maximum atomic E-state index is 14.8. The fourth-order valence-electron chi connectivity index (χ4n) is 6.04. The molecule has 2 aromatic carbocycles. The van der Waals surface area contributed by atoms with Crippen molar-refractivity contribution in [2.45, 2.75) is 63.1 Å². The number of hydrogen-bond donors (Lipinski definition) is 1. The molecule has 2 bridgehead atoms. The highest BCUT2D eigenvalue weighted by atomic mass is 32.1. The number of nitrogens with zero attached hydrogens (tertiary/aromatic N) is 2. The van der Waals surface area contributed by atoms with Gasteiger partial charge in [-0.2, -0.15) is 0 Å². The number of halogens is 4. The third-order valence-corrected chi connectivity index (χ3v) is 9.22. The van der Waals surface area contributed by atoms with Crippen LogP contribution in [0.3, 0.4) is 0 Å². The molecule has 228 valence electrons. The number of hydrogen-bond acceptors (Lipinski definition) is 9. The highest BCUT2D eigenvalue weighted by molar-refractivity contribution is 7.22. The topological polar surface area (TPSA) is 104 Å². The first-order valence-corrected chi connectivity index (χ1v) is 14.8. The van der Waals surface area contributed by atoms with Crippen LogP contribution in [0.4, 0.5) is 22.7 Å². The summed E-state index contributed by atoms with van der Waals surface area (Å²) in [5.41, 5.74) is 6.72. The van der Waals surface area contributed by atoms with Gasteiger partial charge in [0.1, 0.15) is 11.3 Å². The molecule has 3 aromatic rings. The first kappa shape index (κ1) is 29.4. The van der Waals surface area contributed by atoms with E-state index in [1.807, 2.05) is 0 Å². The third kappa shape index (κ3) is 6.05. The molecule has 2 unspecified atom stereocenters. The number of aromatic nitrogens is 1. The molecule has 1 aliphatic carbocycles. The average Bonchev–Trinajstić information content (AvgIpc) is 3.67. The molecule has 3 fully saturated rings. The molecule has 2 saturated heterocycles. The van der Waals surface area contributed by atoms with E-state index in [0.717, 1.165) is 25.0 Å². The van der Waals surface area contributed by atoms with Gasteiger partial charge in [-0.3, -0.25) is 4.79 Å². The number of fused-ring (bicyclic) bond motifs is 3. The first-order valence-electron chi connectivity index (χ1n) is 14.0. The summed E-state index contributed by atoms with van der Waals surface area (Å²) in [7, 11) is 1.24. The van der Waals surface area contributed by atoms with Crippen LogP contribution in [0.15, 0.2) is 42.0 Å². The van der Waals surface area contributed by atoms with Gasteiger partial charge < -0.3 is 24.8 Å². The summed E-state index contributed by atoms with van der Waals surface area (Å²) in [5.74, 6) is -2.14. The largest absolute Gasteiger partial charge is 0.573 e. The molecule has 0 radical (unpaired) electrons. The molecular weight excluding hydrogens is 590 g/mol. The summed E-state index contributed by atoms with van der Waals surface area (Å²) in [4.78, 5) is 31.9. The number of carbonyl (C=O) groups excluding carboxylic acids is 2. The Balaban J connectivity index is 1.20. The Morgan fingerprint density at radius 3 is 2.44 bits per heavy atom. The van der Waals surface area contributed by atoms with E-state index in [2.05, 4.69) is 14.6 Å². The van der Waals surface area contributed by atoms with Crippen molar-refractivity contribution in [2.24, 2.45) is 11.7 Å². The normalized spacial score (nSPS) is 22.4. The number of methoxy groups -OCH3 is 1. The second-order valence-electron chi connectivity index (χ2n) is 11.1. The van der Waals surface area contributed by atoms with Gasteiger partial charge in [-0.1, -0.05) is 23.5 Å². The van der Waals surface area contributed by atoms with E-state index < -0.39 is 23.9 Å². The molecule has 3 aliphatic rings. The maximum Gasteiger partial charge on any atom is 0.573 e. The Labute approximate surface area is 248 Å². The van der Waals surface area contributed by atoms with Crippen molar-refractivity contribution in [1.82, 2.24) is 4.98 Å². The Morgan fingerprint density at radius 1 is 1.09 bits per heavy atom. The number of ketones is 1. The van der Waals surface area contributed by atoms with E-state index in [9.17, 15) is 27.2 Å². The van der Waals surface area contributed by atoms with Crippen LogP contribution in [0.2, 0.25) is 0 Å². The molecule has 43 heavy (non-hydrogen) atoms. The number of anilines is 1. The second-order valence-corrected chi connectivity index (χ2v) is 12.1. The molecule has 0 amide bonds. The summed E-state index contributed by atoms with van der Waals surface area (Å²) in [6.07, 6.45) is -0.733. The molecule has 2 N–H and O–H groups in total. The van der Waals surface area contributed by atoms with E-state index in [-0.39, 0.29) is 64.4 Å². The fraction of sp³-hybridized carbons (Fsp3) is 0.433. The van der Waals surface area contributed by atoms with E-state index in [1.54, 1.807) is 6.07 Å². The predicted molar refractivity (Wildman–Crippen MR) is 151 cm³/mol. The Morgan fingerprint density at radius 2 is 1.79 bits per heavy atom. The van der Waals surface area contributed by atoms with Crippen molar-refractivity contribution in [3.05, 3.63) is 58.9 Å². The van der Waals surface area contributed by atoms with Gasteiger partial charge in [0.2, 0.25) is 0 Å². The third-order valence-electron chi connectivity index (χ3n) is 8.21. The number of piperidine rings is 1. The summed E-state index contributed by atoms with van der Waals surface area (Å²) in [6, 6.07) is 8.32. The van der Waals surface area contributed by atoms with Gasteiger partial charge in [-0.15, -0.1) is 13.2 Å². The van der Waals surface area contributed by atoms with Crippen LogP contribution in [0.5, 0.6) is 5.75 Å². The second kappa shape index (κ2) is 11.4. The smallest absolute Gasteiger partial charge is 0.465 e. The van der Waals surface area contributed by atoms with Gasteiger partial charge in [-0.05, 0) is 62.8 Å². The van der Waals surface area contributed by atoms with Crippen molar-refractivity contribution in [2.75, 3.05) is 18.6 Å². The minimum Gasteiger partial charge on any atom is -0.465 e. The highest BCUT2D eigenvalue weighted by Crippen LogP contribution is 2.44. The Hall–Kier alpha value is -3.71. The average molecular weight is 620 g/mol. The zero-order valence-electron chi connectivity index (χ0n) is 23.2. The monoisotopic (exact) mass is 619 g/mol. The van der Waals surface area contributed by atoms with Crippen LogP contribution >= 0.6 is 11.3 Å². The van der Waals surface area contributed by atoms with Gasteiger partial charge in [0.25, 0.3) is 0 Å². The van der Waals surface area contributed by atoms with Crippen molar-refractivity contribution in [3.8, 4) is 5.75 Å². The lowest BCUT2D eigenvalue weighted by Gasteiger charge is -2.38. The highest BCUT2D eigenvalue weighted by Gasteiger charge is 2.43. The van der Waals surface area contributed by atoms with Gasteiger partial charge in [-0.25, -0.2) is 14.2 Å². The Bertz CT molecular complexity index is 1590. The number of carbonyl (C=O) groups is 2. The molecule has 0 spiro atoms. The van der Waals surface area contributed by atoms with Crippen molar-refractivity contribution < 1.29 is 41.4 Å². The number of benzene rings is 2. The molecule has 1 aromatic heterocycles. The molecule has 3 heterocycles. The van der Waals surface area contributed by atoms with Crippen LogP contribution in [-0.4, -0.2) is 55.0 Å². The Kier molecular flexibility index (Phi) is 7.80. The number of thiazole rings is 1. The molecule has 3 atom stereocenters. The van der Waals surface area contributed by atoms with E-state index in [1.165, 1.54) is 36.6 Å². The van der Waals surface area contributed by atoms with Crippen LogP contribution in [0, 0.1) is 11.7 Å². The van der Waals surface area contributed by atoms with Crippen molar-refractivity contribution in [1.29, 1.82) is 0 Å². The number of para-hydroxylation sites is 1. The van der Waals surface area contributed by atoms with Crippen molar-refractivity contribution in [3.63, 3.8) is 0 Å². The quantitative estimate of drug-likeness (QED) is 0.177. The SMILES string of the molecule is COC(=O)c1cc(F)c2nc(N3C4CC[C@H]3CC(OCC(C(=O)C3CC3)=C(N)c3ccccc3OC(F)(F)F)C4)sc2c1. The standard InChI is InChI=1S/C30H29F4N3O5S/c1-40-28(39)16-10-22(31)26-24(11-16)43-29(36-26)37-17-8-9-18(37)13-19(12-17)41-14-21(27(38)15-6-7-15)25(35)20-4-2-3-5-23(20)42-30(32,33)34/h2-5,10-11,15,17-19H,6-9,12-14,35H2,1H3/t17-,18?,19?/m0/s1. The number of Topliss-reactive ketones (excluding diaryl/α,β-unsaturated/α-hetero) is 1. The lowest BCUT2D eigenvalue weighted by Crippen LogP contribution is -2.45.